The Balaban J connectivity index is 1.23. The Bertz CT molecular complexity index is 1140. The molecule has 8 nitrogen and oxygen atoms in total. The van der Waals surface area contributed by atoms with Crippen LogP contribution in [0.15, 0.2) is 54.6 Å². The SMILES string of the molecule is O=C(c1cccc(F)c1)N1CCN(C(=O)c2nnn3c2CO[C@@H](c2ccccc2)C3)CC1. The summed E-state index contributed by atoms with van der Waals surface area (Å²) >= 11 is 0. The molecule has 9 heteroatoms. The molecule has 2 aliphatic rings. The molecule has 2 aromatic carbocycles. The summed E-state index contributed by atoms with van der Waals surface area (Å²) in [5.74, 6) is -0.901. The van der Waals surface area contributed by atoms with Gasteiger partial charge in [-0.2, -0.15) is 0 Å². The highest BCUT2D eigenvalue weighted by Gasteiger charge is 2.32. The molecule has 0 N–H and O–H groups in total. The zero-order valence-electron chi connectivity index (χ0n) is 17.4. The Labute approximate surface area is 184 Å². The topological polar surface area (TPSA) is 80.6 Å². The fourth-order valence-electron chi connectivity index (χ4n) is 4.11. The second kappa shape index (κ2) is 8.51. The highest BCUT2D eigenvalue weighted by molar-refractivity contribution is 5.95. The van der Waals surface area contributed by atoms with Crippen LogP contribution >= 0.6 is 0 Å². The zero-order chi connectivity index (χ0) is 22.1. The molecule has 0 spiro atoms. The number of rotatable bonds is 3. The second-order valence-corrected chi connectivity index (χ2v) is 7.87. The fourth-order valence-corrected chi connectivity index (χ4v) is 4.11. The lowest BCUT2D eigenvalue weighted by molar-refractivity contribution is -0.00202. The summed E-state index contributed by atoms with van der Waals surface area (Å²) in [6.07, 6.45) is -0.134. The molecule has 1 fully saturated rings. The summed E-state index contributed by atoms with van der Waals surface area (Å²) in [7, 11) is 0. The van der Waals surface area contributed by atoms with Crippen LogP contribution in [0.5, 0.6) is 0 Å². The maximum absolute atomic E-state index is 13.4. The Morgan fingerprint density at radius 3 is 2.38 bits per heavy atom. The smallest absolute Gasteiger partial charge is 0.276 e. The van der Waals surface area contributed by atoms with Crippen molar-refractivity contribution in [1.82, 2.24) is 24.8 Å². The fraction of sp³-hybridized carbons (Fsp3) is 0.304. The number of fused-ring (bicyclic) bond motifs is 1. The van der Waals surface area contributed by atoms with Crippen LogP contribution < -0.4 is 0 Å². The number of benzene rings is 2. The predicted octanol–water partition coefficient (Wildman–Crippen LogP) is 2.29. The standard InChI is InChI=1S/C23H22FN5O3/c24-18-8-4-7-17(13-18)22(30)27-9-11-28(12-10-27)23(31)21-19-15-32-20(14-29(19)26-25-21)16-5-2-1-3-6-16/h1-8,13,20H,9-12,14-15H2/t20-/m1/s1. The van der Waals surface area contributed by atoms with Gasteiger partial charge in [0.1, 0.15) is 11.9 Å². The van der Waals surface area contributed by atoms with Crippen LogP contribution in [-0.4, -0.2) is 62.8 Å². The average Bonchev–Trinajstić information content (AvgIpc) is 3.27. The van der Waals surface area contributed by atoms with Crippen LogP contribution in [0.2, 0.25) is 0 Å². The average molecular weight is 435 g/mol. The van der Waals surface area contributed by atoms with Gasteiger partial charge in [-0.3, -0.25) is 9.59 Å². The van der Waals surface area contributed by atoms with Gasteiger partial charge in [0, 0.05) is 31.7 Å². The molecular weight excluding hydrogens is 413 g/mol. The van der Waals surface area contributed by atoms with E-state index in [1.54, 1.807) is 20.5 Å². The highest BCUT2D eigenvalue weighted by Crippen LogP contribution is 2.27. The van der Waals surface area contributed by atoms with Gasteiger partial charge in [0.2, 0.25) is 0 Å². The quantitative estimate of drug-likeness (QED) is 0.631. The van der Waals surface area contributed by atoms with Crippen molar-refractivity contribution in [1.29, 1.82) is 0 Å². The van der Waals surface area contributed by atoms with Crippen molar-refractivity contribution in [3.63, 3.8) is 0 Å². The van der Waals surface area contributed by atoms with E-state index in [0.717, 1.165) is 5.56 Å². The maximum atomic E-state index is 13.4. The minimum absolute atomic E-state index is 0.134. The van der Waals surface area contributed by atoms with Gasteiger partial charge in [-0.15, -0.1) is 5.10 Å². The number of halogens is 1. The molecule has 0 radical (unpaired) electrons. The lowest BCUT2D eigenvalue weighted by Crippen LogP contribution is -2.50. The van der Waals surface area contributed by atoms with Crippen molar-refractivity contribution >= 4 is 11.8 Å². The van der Waals surface area contributed by atoms with Crippen LogP contribution in [-0.2, 0) is 17.9 Å². The first-order valence-corrected chi connectivity index (χ1v) is 10.5. The lowest BCUT2D eigenvalue weighted by Gasteiger charge is -2.34. The minimum Gasteiger partial charge on any atom is -0.365 e. The number of hydrogen-bond donors (Lipinski definition) is 0. The molecule has 3 aromatic rings. The number of aromatic nitrogens is 3. The van der Waals surface area contributed by atoms with E-state index < -0.39 is 5.82 Å². The van der Waals surface area contributed by atoms with Crippen LogP contribution in [0.1, 0.15) is 38.2 Å². The van der Waals surface area contributed by atoms with E-state index in [4.69, 9.17) is 4.74 Å². The number of nitrogens with zero attached hydrogens (tertiary/aromatic N) is 5. The Hall–Kier alpha value is -3.59. The first kappa shape index (κ1) is 20.3. The van der Waals surface area contributed by atoms with Crippen molar-refractivity contribution < 1.29 is 18.7 Å². The molecule has 0 bridgehead atoms. The first-order chi connectivity index (χ1) is 15.6. The monoisotopic (exact) mass is 435 g/mol. The van der Waals surface area contributed by atoms with Gasteiger partial charge in [0.05, 0.1) is 18.8 Å². The van der Waals surface area contributed by atoms with Crippen molar-refractivity contribution in [3.05, 3.63) is 82.9 Å². The third-order valence-electron chi connectivity index (χ3n) is 5.90. The Morgan fingerprint density at radius 1 is 0.938 bits per heavy atom. The summed E-state index contributed by atoms with van der Waals surface area (Å²) in [5.41, 5.74) is 2.32. The summed E-state index contributed by atoms with van der Waals surface area (Å²) in [6, 6.07) is 15.5. The van der Waals surface area contributed by atoms with Gasteiger partial charge in [0.25, 0.3) is 11.8 Å². The van der Waals surface area contributed by atoms with Gasteiger partial charge in [0.15, 0.2) is 5.69 Å². The van der Waals surface area contributed by atoms with E-state index in [-0.39, 0.29) is 24.5 Å². The van der Waals surface area contributed by atoms with E-state index in [9.17, 15) is 14.0 Å². The molecule has 32 heavy (non-hydrogen) atoms. The van der Waals surface area contributed by atoms with Crippen molar-refractivity contribution in [2.24, 2.45) is 0 Å². The van der Waals surface area contributed by atoms with Crippen LogP contribution in [0, 0.1) is 5.82 Å². The van der Waals surface area contributed by atoms with Gasteiger partial charge in [-0.25, -0.2) is 9.07 Å². The summed E-state index contributed by atoms with van der Waals surface area (Å²) < 4.78 is 21.1. The van der Waals surface area contributed by atoms with Crippen LogP contribution in [0.4, 0.5) is 4.39 Å². The third kappa shape index (κ3) is 3.87. The summed E-state index contributed by atoms with van der Waals surface area (Å²) in [6.45, 7) is 2.24. The van der Waals surface area contributed by atoms with Crippen molar-refractivity contribution in [2.45, 2.75) is 19.3 Å². The normalized spacial score (nSPS) is 18.3. The molecular formula is C23H22FN5O3. The van der Waals surface area contributed by atoms with E-state index in [0.29, 0.717) is 49.7 Å². The molecule has 5 rings (SSSR count). The molecule has 164 valence electrons. The number of carbonyl (C=O) groups excluding carboxylic acids is 2. The van der Waals surface area contributed by atoms with Crippen molar-refractivity contribution in [3.8, 4) is 0 Å². The van der Waals surface area contributed by atoms with Crippen LogP contribution in [0.25, 0.3) is 0 Å². The zero-order valence-corrected chi connectivity index (χ0v) is 17.4. The molecule has 0 unspecified atom stereocenters. The number of hydrogen-bond acceptors (Lipinski definition) is 5. The predicted molar refractivity (Wildman–Crippen MR) is 112 cm³/mol. The molecule has 0 aliphatic carbocycles. The van der Waals surface area contributed by atoms with Gasteiger partial charge in [-0.1, -0.05) is 41.6 Å². The van der Waals surface area contributed by atoms with Crippen LogP contribution in [0.3, 0.4) is 0 Å². The van der Waals surface area contributed by atoms with Gasteiger partial charge in [-0.05, 0) is 23.8 Å². The van der Waals surface area contributed by atoms with E-state index >= 15 is 0 Å². The molecule has 1 saturated heterocycles. The largest absolute Gasteiger partial charge is 0.365 e. The first-order valence-electron chi connectivity index (χ1n) is 10.5. The summed E-state index contributed by atoms with van der Waals surface area (Å²) in [5, 5.41) is 8.31. The minimum atomic E-state index is -0.446. The maximum Gasteiger partial charge on any atom is 0.276 e. The molecule has 0 saturated carbocycles. The highest BCUT2D eigenvalue weighted by atomic mass is 19.1. The number of ether oxygens (including phenoxy) is 1. The Kier molecular flexibility index (Phi) is 5.40. The molecule has 1 aromatic heterocycles. The van der Waals surface area contributed by atoms with E-state index in [2.05, 4.69) is 10.3 Å². The second-order valence-electron chi connectivity index (χ2n) is 7.87. The number of carbonyl (C=O) groups is 2. The Morgan fingerprint density at radius 2 is 1.66 bits per heavy atom. The summed E-state index contributed by atoms with van der Waals surface area (Å²) in [4.78, 5) is 29.0. The molecule has 1 atom stereocenters. The third-order valence-corrected chi connectivity index (χ3v) is 5.90. The molecule has 2 amide bonds. The lowest BCUT2D eigenvalue weighted by atomic mass is 10.1. The van der Waals surface area contributed by atoms with E-state index in [1.807, 2.05) is 30.3 Å². The molecule has 3 heterocycles. The molecule has 2 aliphatic heterocycles. The van der Waals surface area contributed by atoms with Gasteiger partial charge < -0.3 is 14.5 Å². The number of piperazine rings is 1. The van der Waals surface area contributed by atoms with Crippen molar-refractivity contribution in [2.75, 3.05) is 26.2 Å². The number of amides is 2. The van der Waals surface area contributed by atoms with Gasteiger partial charge >= 0.3 is 0 Å². The van der Waals surface area contributed by atoms with E-state index in [1.165, 1.54) is 18.2 Å².